The standard InChI is InChI=1S/C11H19NO7P2/c1-2-3-5-10-6-4-7-12(8-10)9-11(13,20(14,15)16)21(17,18)19/h4,6-8,13H,2-3,5,9H2,1H3,(H3-,14,15,16,17,18,19). The van der Waals surface area contributed by atoms with Gasteiger partial charge in [0.05, 0.1) is 0 Å². The Morgan fingerprint density at radius 1 is 1.33 bits per heavy atom. The summed E-state index contributed by atoms with van der Waals surface area (Å²) in [5.74, 6) is 0. The first-order valence-corrected chi connectivity index (χ1v) is 9.50. The van der Waals surface area contributed by atoms with Gasteiger partial charge in [-0.2, -0.15) is 0 Å². The van der Waals surface area contributed by atoms with Gasteiger partial charge in [-0.25, -0.2) is 4.57 Å². The number of nitrogens with zero attached hydrogens (tertiary/aromatic N) is 1. The molecular weight excluding hydrogens is 320 g/mol. The molecule has 0 amide bonds. The fourth-order valence-electron chi connectivity index (χ4n) is 1.79. The van der Waals surface area contributed by atoms with Gasteiger partial charge in [0.2, 0.25) is 0 Å². The van der Waals surface area contributed by atoms with E-state index in [0.29, 0.717) is 6.42 Å². The lowest BCUT2D eigenvalue weighted by Gasteiger charge is -2.33. The van der Waals surface area contributed by atoms with E-state index in [1.165, 1.54) is 12.4 Å². The number of aliphatic hydroxyl groups is 1. The van der Waals surface area contributed by atoms with Gasteiger partial charge in [-0.05, 0) is 18.9 Å². The van der Waals surface area contributed by atoms with Gasteiger partial charge >= 0.3 is 7.60 Å². The summed E-state index contributed by atoms with van der Waals surface area (Å²) in [6, 6.07) is 3.34. The molecule has 21 heavy (non-hydrogen) atoms. The molecule has 1 heterocycles. The Balaban J connectivity index is 3.12. The predicted octanol–water partition coefficient (Wildman–Crippen LogP) is -0.314. The van der Waals surface area contributed by atoms with Crippen molar-refractivity contribution in [1.29, 1.82) is 0 Å². The van der Waals surface area contributed by atoms with E-state index in [-0.39, 0.29) is 0 Å². The Morgan fingerprint density at radius 2 is 1.95 bits per heavy atom. The zero-order chi connectivity index (χ0) is 16.3. The second kappa shape index (κ2) is 6.67. The highest BCUT2D eigenvalue weighted by Gasteiger charge is 2.57. The molecule has 2 atom stereocenters. The molecule has 0 aliphatic rings. The van der Waals surface area contributed by atoms with Crippen LogP contribution < -0.4 is 9.46 Å². The van der Waals surface area contributed by atoms with Crippen molar-refractivity contribution < 1.29 is 38.4 Å². The molecular formula is C11H19NO7P2. The van der Waals surface area contributed by atoms with Crippen molar-refractivity contribution in [2.45, 2.75) is 37.8 Å². The van der Waals surface area contributed by atoms with Gasteiger partial charge < -0.3 is 29.2 Å². The van der Waals surface area contributed by atoms with Crippen molar-refractivity contribution in [3.8, 4) is 0 Å². The fraction of sp³-hybridized carbons (Fsp3) is 0.545. The molecule has 0 aliphatic carbocycles. The van der Waals surface area contributed by atoms with Crippen molar-refractivity contribution >= 4 is 15.2 Å². The topological polar surface area (TPSA) is 142 Å². The molecule has 10 heteroatoms. The van der Waals surface area contributed by atoms with Crippen molar-refractivity contribution in [1.82, 2.24) is 0 Å². The quantitative estimate of drug-likeness (QED) is 0.394. The summed E-state index contributed by atoms with van der Waals surface area (Å²) in [5, 5.41) is 6.25. The second-order valence-corrected chi connectivity index (χ2v) is 8.79. The van der Waals surface area contributed by atoms with Crippen molar-refractivity contribution in [2.24, 2.45) is 0 Å². The molecule has 1 aromatic rings. The van der Waals surface area contributed by atoms with Crippen LogP contribution >= 0.6 is 15.2 Å². The summed E-state index contributed by atoms with van der Waals surface area (Å²) < 4.78 is 23.6. The lowest BCUT2D eigenvalue weighted by atomic mass is 10.1. The fourth-order valence-corrected chi connectivity index (χ4v) is 3.80. The molecule has 2 unspecified atom stereocenters. The Morgan fingerprint density at radius 3 is 2.43 bits per heavy atom. The molecule has 0 aromatic carbocycles. The minimum absolute atomic E-state index is 0.708. The monoisotopic (exact) mass is 339 g/mol. The molecule has 0 radical (unpaired) electrons. The summed E-state index contributed by atoms with van der Waals surface area (Å²) in [4.78, 5) is 38.3. The van der Waals surface area contributed by atoms with Crippen LogP contribution in [0.4, 0.5) is 0 Å². The zero-order valence-electron chi connectivity index (χ0n) is 11.5. The largest absolute Gasteiger partial charge is 0.776 e. The summed E-state index contributed by atoms with van der Waals surface area (Å²) in [6.07, 6.45) is 5.39. The number of aromatic nitrogens is 1. The van der Waals surface area contributed by atoms with Crippen LogP contribution in [0.5, 0.6) is 0 Å². The third-order valence-electron chi connectivity index (χ3n) is 3.05. The van der Waals surface area contributed by atoms with Gasteiger partial charge in [0, 0.05) is 11.6 Å². The van der Waals surface area contributed by atoms with Crippen LogP contribution in [-0.4, -0.2) is 24.9 Å². The third-order valence-corrected chi connectivity index (χ3v) is 6.71. The first-order chi connectivity index (χ1) is 9.51. The van der Waals surface area contributed by atoms with Gasteiger partial charge in [0.25, 0.3) is 5.08 Å². The van der Waals surface area contributed by atoms with E-state index in [1.54, 1.807) is 12.1 Å². The lowest BCUT2D eigenvalue weighted by molar-refractivity contribution is -0.704. The van der Waals surface area contributed by atoms with Crippen LogP contribution in [0, 0.1) is 0 Å². The Bertz CT molecular complexity index is 558. The minimum atomic E-state index is -5.69. The molecule has 4 N–H and O–H groups in total. The molecule has 0 spiro atoms. The van der Waals surface area contributed by atoms with Crippen LogP contribution in [0.15, 0.2) is 24.5 Å². The maximum absolute atomic E-state index is 11.3. The SMILES string of the molecule is CCCCc1ccc[n+](CC(O)(P(=O)([O-])O)P(=O)(O)O)c1. The molecule has 0 saturated carbocycles. The van der Waals surface area contributed by atoms with Gasteiger partial charge in [0.1, 0.15) is 0 Å². The summed E-state index contributed by atoms with van der Waals surface area (Å²) in [5.41, 5.74) is 0.825. The maximum Gasteiger partial charge on any atom is 0.372 e. The van der Waals surface area contributed by atoms with E-state index in [9.17, 15) is 19.1 Å². The highest BCUT2D eigenvalue weighted by molar-refractivity contribution is 7.71. The first kappa shape index (κ1) is 18.5. The molecule has 0 aliphatic heterocycles. The number of aryl methyl sites for hydroxylation is 1. The van der Waals surface area contributed by atoms with E-state index < -0.39 is 26.8 Å². The molecule has 0 saturated heterocycles. The molecule has 8 nitrogen and oxygen atoms in total. The highest BCUT2D eigenvalue weighted by atomic mass is 31.2. The van der Waals surface area contributed by atoms with E-state index in [1.807, 2.05) is 6.92 Å². The van der Waals surface area contributed by atoms with Gasteiger partial charge in [0.15, 0.2) is 26.5 Å². The zero-order valence-corrected chi connectivity index (χ0v) is 13.3. The average molecular weight is 339 g/mol. The number of hydrogen-bond acceptors (Lipinski definition) is 4. The van der Waals surface area contributed by atoms with Gasteiger partial charge in [-0.3, -0.25) is 4.57 Å². The van der Waals surface area contributed by atoms with Crippen molar-refractivity contribution in [3.63, 3.8) is 0 Å². The second-order valence-electron chi connectivity index (χ2n) is 4.83. The summed E-state index contributed by atoms with van der Waals surface area (Å²) in [6.45, 7) is 1.04. The molecule has 1 aromatic heterocycles. The maximum atomic E-state index is 11.3. The van der Waals surface area contributed by atoms with Crippen LogP contribution in [-0.2, 0) is 22.1 Å². The molecule has 0 bridgehead atoms. The van der Waals surface area contributed by atoms with E-state index >= 15 is 0 Å². The third kappa shape index (κ3) is 4.44. The lowest BCUT2D eigenvalue weighted by Crippen LogP contribution is -2.49. The first-order valence-electron chi connectivity index (χ1n) is 6.31. The normalized spacial score (nSPS) is 18.0. The van der Waals surface area contributed by atoms with Crippen molar-refractivity contribution in [3.05, 3.63) is 30.1 Å². The van der Waals surface area contributed by atoms with Crippen LogP contribution in [0.25, 0.3) is 0 Å². The minimum Gasteiger partial charge on any atom is -0.776 e. The van der Waals surface area contributed by atoms with Crippen LogP contribution in [0.3, 0.4) is 0 Å². The van der Waals surface area contributed by atoms with Gasteiger partial charge in [-0.15, -0.1) is 0 Å². The number of unbranched alkanes of at least 4 members (excludes halogenated alkanes) is 1. The van der Waals surface area contributed by atoms with Gasteiger partial charge in [-0.1, -0.05) is 13.3 Å². The Hall–Kier alpha value is -0.590. The number of rotatable bonds is 7. The van der Waals surface area contributed by atoms with E-state index in [0.717, 1.165) is 23.0 Å². The Labute approximate surface area is 122 Å². The molecule has 1 rings (SSSR count). The summed E-state index contributed by atoms with van der Waals surface area (Å²) in [7, 11) is -11.2. The van der Waals surface area contributed by atoms with E-state index in [2.05, 4.69) is 0 Å². The van der Waals surface area contributed by atoms with Crippen molar-refractivity contribution in [2.75, 3.05) is 0 Å². The summed E-state index contributed by atoms with van der Waals surface area (Å²) >= 11 is 0. The number of hydrogen-bond donors (Lipinski definition) is 4. The van der Waals surface area contributed by atoms with E-state index in [4.69, 9.17) is 14.7 Å². The average Bonchev–Trinajstić information content (AvgIpc) is 2.34. The predicted molar refractivity (Wildman–Crippen MR) is 72.1 cm³/mol. The van der Waals surface area contributed by atoms with Crippen LogP contribution in [0.1, 0.15) is 25.3 Å². The smallest absolute Gasteiger partial charge is 0.372 e. The Kier molecular flexibility index (Phi) is 5.86. The molecule has 0 fully saturated rings. The number of pyridine rings is 1. The highest BCUT2D eigenvalue weighted by Crippen LogP contribution is 2.65. The van der Waals surface area contributed by atoms with Crippen LogP contribution in [0.2, 0.25) is 0 Å². The molecule has 120 valence electrons.